The highest BCUT2D eigenvalue weighted by Crippen LogP contribution is 2.37. The van der Waals surface area contributed by atoms with E-state index in [1.54, 1.807) is 0 Å². The van der Waals surface area contributed by atoms with Crippen LogP contribution in [0.4, 0.5) is 0 Å². The first-order valence-electron chi connectivity index (χ1n) is 22.1. The SMILES string of the molecule is CCCCCCCCCCCCO[C@H]1[C@H]2O[C@H](c3ccccc3)OC[C@H]2O[C@@H](OCCCCCCCC)[C@@H]1OCCCCCCCCCCCC. The van der Waals surface area contributed by atoms with Crippen molar-refractivity contribution >= 4 is 0 Å². The molecule has 2 aliphatic rings. The molecule has 1 aromatic carbocycles. The molecule has 0 spiro atoms. The second-order valence-corrected chi connectivity index (χ2v) is 15.4. The van der Waals surface area contributed by atoms with Gasteiger partial charge in [0, 0.05) is 25.4 Å². The molecule has 0 bridgehead atoms. The van der Waals surface area contributed by atoms with Gasteiger partial charge in [0.1, 0.15) is 24.4 Å². The minimum atomic E-state index is -0.483. The molecular formula is C45H80O6. The zero-order valence-electron chi connectivity index (χ0n) is 33.5. The predicted molar refractivity (Wildman–Crippen MR) is 211 cm³/mol. The van der Waals surface area contributed by atoms with Crippen LogP contribution in [0.3, 0.4) is 0 Å². The van der Waals surface area contributed by atoms with E-state index in [1.807, 2.05) is 18.2 Å². The van der Waals surface area contributed by atoms with Crippen molar-refractivity contribution in [1.29, 1.82) is 0 Å². The van der Waals surface area contributed by atoms with Crippen LogP contribution in [0.5, 0.6) is 0 Å². The van der Waals surface area contributed by atoms with Gasteiger partial charge in [-0.3, -0.25) is 0 Å². The quantitative estimate of drug-likeness (QED) is 0.0675. The summed E-state index contributed by atoms with van der Waals surface area (Å²) in [6.07, 6.45) is 31.4. The highest BCUT2D eigenvalue weighted by molar-refractivity contribution is 5.16. The van der Waals surface area contributed by atoms with Crippen LogP contribution in [-0.2, 0) is 28.4 Å². The maximum absolute atomic E-state index is 6.81. The largest absolute Gasteiger partial charge is 0.372 e. The van der Waals surface area contributed by atoms with Gasteiger partial charge in [0.15, 0.2) is 12.6 Å². The first-order chi connectivity index (χ1) is 25.3. The molecule has 51 heavy (non-hydrogen) atoms. The Balaban J connectivity index is 1.57. The molecule has 6 heteroatoms. The molecule has 2 fully saturated rings. The summed E-state index contributed by atoms with van der Waals surface area (Å²) in [6.45, 7) is 9.35. The monoisotopic (exact) mass is 717 g/mol. The average Bonchev–Trinajstić information content (AvgIpc) is 3.16. The first-order valence-corrected chi connectivity index (χ1v) is 22.1. The van der Waals surface area contributed by atoms with E-state index in [9.17, 15) is 0 Å². The van der Waals surface area contributed by atoms with E-state index >= 15 is 0 Å². The standard InChI is InChI=1S/C45H80O6/c1-4-7-10-13-16-18-20-22-25-30-35-46-42-41-40(38-49-44(51-41)39-33-28-27-29-34-39)50-45(48-37-32-24-15-12-9-6-3)43(42)47-36-31-26-23-21-19-17-14-11-8-5-2/h27-29,33-34,40-45H,4-26,30-32,35-38H2,1-3H3/t40-,41+,42+,43-,44-,45-/m1/s1. The Morgan fingerprint density at radius 1 is 0.471 bits per heavy atom. The second kappa shape index (κ2) is 30.3. The molecule has 6 atom stereocenters. The fourth-order valence-electron chi connectivity index (χ4n) is 7.53. The summed E-state index contributed by atoms with van der Waals surface area (Å²) in [4.78, 5) is 0. The van der Waals surface area contributed by atoms with E-state index in [1.165, 1.54) is 148 Å². The van der Waals surface area contributed by atoms with Gasteiger partial charge in [-0.1, -0.05) is 199 Å². The van der Waals surface area contributed by atoms with Crippen molar-refractivity contribution in [3.63, 3.8) is 0 Å². The Kier molecular flexibility index (Phi) is 26.4. The summed E-state index contributed by atoms with van der Waals surface area (Å²) in [5.74, 6) is 0. The van der Waals surface area contributed by atoms with Crippen LogP contribution in [0.15, 0.2) is 30.3 Å². The van der Waals surface area contributed by atoms with Gasteiger partial charge in [-0.25, -0.2) is 0 Å². The van der Waals surface area contributed by atoms with Gasteiger partial charge in [0.25, 0.3) is 0 Å². The Hall–Kier alpha value is -1.02. The molecule has 296 valence electrons. The first kappa shape index (κ1) is 44.4. The molecule has 0 unspecified atom stereocenters. The third-order valence-corrected chi connectivity index (χ3v) is 10.8. The summed E-state index contributed by atoms with van der Waals surface area (Å²) in [7, 11) is 0. The molecule has 0 aliphatic carbocycles. The van der Waals surface area contributed by atoms with Crippen molar-refractivity contribution in [1.82, 2.24) is 0 Å². The molecule has 0 radical (unpaired) electrons. The Bertz CT molecular complexity index is 898. The number of hydrogen-bond acceptors (Lipinski definition) is 6. The summed E-state index contributed by atoms with van der Waals surface area (Å²) in [5.41, 5.74) is 1.02. The lowest BCUT2D eigenvalue weighted by Gasteiger charge is -2.49. The molecule has 2 heterocycles. The van der Waals surface area contributed by atoms with Crippen molar-refractivity contribution in [2.24, 2.45) is 0 Å². The van der Waals surface area contributed by atoms with Gasteiger partial charge in [0.2, 0.25) is 0 Å². The zero-order chi connectivity index (χ0) is 36.0. The fourth-order valence-corrected chi connectivity index (χ4v) is 7.53. The van der Waals surface area contributed by atoms with E-state index in [0.717, 1.165) is 24.8 Å². The van der Waals surface area contributed by atoms with Crippen molar-refractivity contribution in [2.45, 2.75) is 225 Å². The van der Waals surface area contributed by atoms with Crippen molar-refractivity contribution in [3.05, 3.63) is 35.9 Å². The summed E-state index contributed by atoms with van der Waals surface area (Å²) in [6, 6.07) is 10.2. The molecule has 0 aromatic heterocycles. The van der Waals surface area contributed by atoms with Crippen LogP contribution in [0.2, 0.25) is 0 Å². The lowest BCUT2D eigenvalue weighted by molar-refractivity contribution is -0.370. The van der Waals surface area contributed by atoms with Gasteiger partial charge < -0.3 is 28.4 Å². The van der Waals surface area contributed by atoms with Gasteiger partial charge >= 0.3 is 0 Å². The molecule has 1 aromatic rings. The van der Waals surface area contributed by atoms with Gasteiger partial charge in [-0.15, -0.1) is 0 Å². The molecule has 2 saturated heterocycles. The van der Waals surface area contributed by atoms with Crippen LogP contribution in [0.25, 0.3) is 0 Å². The van der Waals surface area contributed by atoms with Crippen LogP contribution in [-0.4, -0.2) is 57.1 Å². The number of ether oxygens (including phenoxy) is 6. The topological polar surface area (TPSA) is 55.4 Å². The summed E-state index contributed by atoms with van der Waals surface area (Å²) in [5, 5.41) is 0. The van der Waals surface area contributed by atoms with Crippen LogP contribution < -0.4 is 0 Å². The molecule has 0 saturated carbocycles. The molecule has 0 N–H and O–H groups in total. The number of benzene rings is 1. The zero-order valence-corrected chi connectivity index (χ0v) is 33.5. The van der Waals surface area contributed by atoms with E-state index < -0.39 is 12.6 Å². The third-order valence-electron chi connectivity index (χ3n) is 10.8. The second-order valence-electron chi connectivity index (χ2n) is 15.4. The lowest BCUT2D eigenvalue weighted by atomic mass is 9.97. The van der Waals surface area contributed by atoms with Crippen LogP contribution >= 0.6 is 0 Å². The lowest BCUT2D eigenvalue weighted by Crippen LogP contribution is -2.63. The normalized spacial score (nSPS) is 23.4. The van der Waals surface area contributed by atoms with Crippen molar-refractivity contribution in [2.75, 3.05) is 26.4 Å². The minimum Gasteiger partial charge on any atom is -0.372 e. The molecule has 0 amide bonds. The Labute approximate surface area is 314 Å². The molecular weight excluding hydrogens is 636 g/mol. The number of unbranched alkanes of at least 4 members (excludes halogenated alkanes) is 23. The number of rotatable bonds is 33. The van der Waals surface area contributed by atoms with Crippen molar-refractivity contribution in [3.8, 4) is 0 Å². The Morgan fingerprint density at radius 3 is 1.35 bits per heavy atom. The molecule has 6 nitrogen and oxygen atoms in total. The van der Waals surface area contributed by atoms with Crippen LogP contribution in [0.1, 0.15) is 200 Å². The maximum atomic E-state index is 6.81. The minimum absolute atomic E-state index is 0.255. The summed E-state index contributed by atoms with van der Waals surface area (Å²) >= 11 is 0. The van der Waals surface area contributed by atoms with E-state index in [0.29, 0.717) is 26.4 Å². The molecule has 2 aliphatic heterocycles. The fraction of sp³-hybridized carbons (Fsp3) is 0.867. The van der Waals surface area contributed by atoms with E-state index in [4.69, 9.17) is 28.4 Å². The van der Waals surface area contributed by atoms with Gasteiger partial charge in [-0.2, -0.15) is 0 Å². The molecule has 3 rings (SSSR count). The maximum Gasteiger partial charge on any atom is 0.186 e. The van der Waals surface area contributed by atoms with Gasteiger partial charge in [0.05, 0.1) is 6.61 Å². The predicted octanol–water partition coefficient (Wildman–Crippen LogP) is 12.8. The van der Waals surface area contributed by atoms with Gasteiger partial charge in [-0.05, 0) is 19.3 Å². The Morgan fingerprint density at radius 2 is 0.882 bits per heavy atom. The van der Waals surface area contributed by atoms with Crippen molar-refractivity contribution < 1.29 is 28.4 Å². The third kappa shape index (κ3) is 19.2. The average molecular weight is 717 g/mol. The van der Waals surface area contributed by atoms with Crippen LogP contribution in [0, 0.1) is 0 Å². The smallest absolute Gasteiger partial charge is 0.186 e. The highest BCUT2D eigenvalue weighted by Gasteiger charge is 2.51. The number of hydrogen-bond donors (Lipinski definition) is 0. The van der Waals surface area contributed by atoms with E-state index in [-0.39, 0.29) is 24.4 Å². The highest BCUT2D eigenvalue weighted by atomic mass is 16.8. The van der Waals surface area contributed by atoms with E-state index in [2.05, 4.69) is 32.9 Å². The number of fused-ring (bicyclic) bond motifs is 1. The summed E-state index contributed by atoms with van der Waals surface area (Å²) < 4.78 is 39.6.